The van der Waals surface area contributed by atoms with E-state index in [9.17, 15) is 0 Å². The van der Waals surface area contributed by atoms with Crippen LogP contribution in [0.1, 0.15) is 31.0 Å². The predicted molar refractivity (Wildman–Crippen MR) is 87.6 cm³/mol. The third-order valence-corrected chi connectivity index (χ3v) is 3.66. The van der Waals surface area contributed by atoms with Crippen molar-refractivity contribution in [3.05, 3.63) is 66.1 Å². The summed E-state index contributed by atoms with van der Waals surface area (Å²) in [6.45, 7) is 2.97. The highest BCUT2D eigenvalue weighted by molar-refractivity contribution is 5.46. The minimum absolute atomic E-state index is 0.746. The second-order valence-corrected chi connectivity index (χ2v) is 5.35. The smallest absolute Gasteiger partial charge is 0.137 e. The maximum absolute atomic E-state index is 4.59. The van der Waals surface area contributed by atoms with Gasteiger partial charge in [0.25, 0.3) is 0 Å². The summed E-state index contributed by atoms with van der Waals surface area (Å²) in [7, 11) is 0. The van der Waals surface area contributed by atoms with Gasteiger partial charge in [0.1, 0.15) is 5.65 Å². The normalized spacial score (nSPS) is 10.9. The number of aromatic nitrogens is 2. The number of pyridine rings is 1. The topological polar surface area (TPSA) is 29.3 Å². The molecule has 0 radical (unpaired) electrons. The van der Waals surface area contributed by atoms with Crippen LogP contribution in [0.25, 0.3) is 5.65 Å². The highest BCUT2D eigenvalue weighted by Gasteiger charge is 2.01. The van der Waals surface area contributed by atoms with Crippen molar-refractivity contribution in [1.82, 2.24) is 9.38 Å². The molecule has 0 saturated carbocycles. The van der Waals surface area contributed by atoms with Crippen LogP contribution in [0.5, 0.6) is 0 Å². The van der Waals surface area contributed by atoms with Gasteiger partial charge in [-0.1, -0.05) is 31.5 Å². The number of aryl methyl sites for hydroxylation is 1. The average Bonchev–Trinajstić information content (AvgIpc) is 2.95. The first-order chi connectivity index (χ1) is 10.3. The van der Waals surface area contributed by atoms with E-state index in [1.807, 2.05) is 28.8 Å². The quantitative estimate of drug-likeness (QED) is 0.729. The fraction of sp³-hybridized carbons (Fsp3) is 0.278. The number of imidazole rings is 1. The molecule has 0 unspecified atom stereocenters. The van der Waals surface area contributed by atoms with Crippen LogP contribution in [-0.2, 0) is 13.0 Å². The molecule has 1 aromatic carbocycles. The van der Waals surface area contributed by atoms with Crippen molar-refractivity contribution in [3.8, 4) is 0 Å². The van der Waals surface area contributed by atoms with Gasteiger partial charge in [0.2, 0.25) is 0 Å². The Bertz CT molecular complexity index is 665. The third kappa shape index (κ3) is 3.43. The molecule has 108 valence electrons. The van der Waals surface area contributed by atoms with Crippen molar-refractivity contribution < 1.29 is 0 Å². The lowest BCUT2D eigenvalue weighted by Gasteiger charge is -2.06. The number of fused-ring (bicyclic) bond motifs is 1. The van der Waals surface area contributed by atoms with Crippen LogP contribution in [0, 0.1) is 0 Å². The molecule has 3 nitrogen and oxygen atoms in total. The van der Waals surface area contributed by atoms with Crippen LogP contribution in [0.2, 0.25) is 0 Å². The SMILES string of the molecule is CCCCc1ccc(NCc2cn3ccccc3n2)cc1. The molecular formula is C18H21N3. The minimum atomic E-state index is 0.746. The van der Waals surface area contributed by atoms with Gasteiger partial charge in [0.15, 0.2) is 0 Å². The fourth-order valence-electron chi connectivity index (χ4n) is 2.44. The first kappa shape index (κ1) is 13.7. The summed E-state index contributed by atoms with van der Waals surface area (Å²) in [5.74, 6) is 0. The Labute approximate surface area is 125 Å². The van der Waals surface area contributed by atoms with E-state index in [2.05, 4.69) is 47.7 Å². The van der Waals surface area contributed by atoms with Gasteiger partial charge in [-0.15, -0.1) is 0 Å². The summed E-state index contributed by atoms with van der Waals surface area (Å²) in [6.07, 6.45) is 7.76. The predicted octanol–water partition coefficient (Wildman–Crippen LogP) is 4.29. The largest absolute Gasteiger partial charge is 0.379 e. The number of rotatable bonds is 6. The lowest BCUT2D eigenvalue weighted by atomic mass is 10.1. The molecule has 0 fully saturated rings. The zero-order valence-electron chi connectivity index (χ0n) is 12.4. The maximum atomic E-state index is 4.59. The van der Waals surface area contributed by atoms with E-state index in [1.165, 1.54) is 24.8 Å². The Hall–Kier alpha value is -2.29. The lowest BCUT2D eigenvalue weighted by molar-refractivity contribution is 0.795. The number of anilines is 1. The molecule has 3 heteroatoms. The summed E-state index contributed by atoms with van der Waals surface area (Å²) in [4.78, 5) is 4.59. The van der Waals surface area contributed by atoms with E-state index in [0.717, 1.165) is 23.6 Å². The van der Waals surface area contributed by atoms with Gasteiger partial charge < -0.3 is 9.72 Å². The fourth-order valence-corrected chi connectivity index (χ4v) is 2.44. The van der Waals surface area contributed by atoms with Crippen molar-refractivity contribution in [2.24, 2.45) is 0 Å². The minimum Gasteiger partial charge on any atom is -0.379 e. The summed E-state index contributed by atoms with van der Waals surface area (Å²) >= 11 is 0. The van der Waals surface area contributed by atoms with Crippen LogP contribution in [-0.4, -0.2) is 9.38 Å². The van der Waals surface area contributed by atoms with Gasteiger partial charge >= 0.3 is 0 Å². The summed E-state index contributed by atoms with van der Waals surface area (Å²) in [5.41, 5.74) is 4.60. The molecule has 3 rings (SSSR count). The van der Waals surface area contributed by atoms with E-state index in [-0.39, 0.29) is 0 Å². The highest BCUT2D eigenvalue weighted by atomic mass is 15.0. The molecule has 3 aromatic rings. The molecule has 0 atom stereocenters. The molecule has 0 saturated heterocycles. The van der Waals surface area contributed by atoms with Gasteiger partial charge in [-0.3, -0.25) is 0 Å². The van der Waals surface area contributed by atoms with E-state index < -0.39 is 0 Å². The molecule has 0 spiro atoms. The van der Waals surface area contributed by atoms with Gasteiger partial charge in [-0.25, -0.2) is 4.98 Å². The van der Waals surface area contributed by atoms with E-state index >= 15 is 0 Å². The van der Waals surface area contributed by atoms with E-state index in [4.69, 9.17) is 0 Å². The number of benzene rings is 1. The first-order valence-corrected chi connectivity index (χ1v) is 7.60. The molecule has 0 aliphatic carbocycles. The zero-order valence-corrected chi connectivity index (χ0v) is 12.4. The third-order valence-electron chi connectivity index (χ3n) is 3.66. The molecule has 0 bridgehead atoms. The molecule has 0 aliphatic rings. The first-order valence-electron chi connectivity index (χ1n) is 7.60. The standard InChI is InChI=1S/C18H21N3/c1-2-3-6-15-8-10-16(11-9-15)19-13-17-14-21-12-5-4-7-18(21)20-17/h4-5,7-12,14,19H,2-3,6,13H2,1H3. The van der Waals surface area contributed by atoms with Crippen LogP contribution in [0.15, 0.2) is 54.9 Å². The molecule has 2 heterocycles. The molecule has 0 aliphatic heterocycles. The van der Waals surface area contributed by atoms with Crippen molar-refractivity contribution >= 4 is 11.3 Å². The van der Waals surface area contributed by atoms with Crippen LogP contribution in [0.4, 0.5) is 5.69 Å². The van der Waals surface area contributed by atoms with Gasteiger partial charge in [0.05, 0.1) is 12.2 Å². The highest BCUT2D eigenvalue weighted by Crippen LogP contribution is 2.13. The Kier molecular flexibility index (Phi) is 4.20. The van der Waals surface area contributed by atoms with Gasteiger partial charge in [0, 0.05) is 18.1 Å². The summed E-state index contributed by atoms with van der Waals surface area (Å²) in [5, 5.41) is 3.43. The van der Waals surface area contributed by atoms with Crippen molar-refractivity contribution in [3.63, 3.8) is 0 Å². The molecular weight excluding hydrogens is 258 g/mol. The number of nitrogens with one attached hydrogen (secondary N) is 1. The van der Waals surface area contributed by atoms with E-state index in [0.29, 0.717) is 0 Å². The second kappa shape index (κ2) is 6.44. The average molecular weight is 279 g/mol. The molecule has 1 N–H and O–H groups in total. The van der Waals surface area contributed by atoms with Crippen LogP contribution >= 0.6 is 0 Å². The van der Waals surface area contributed by atoms with Crippen molar-refractivity contribution in [1.29, 1.82) is 0 Å². The van der Waals surface area contributed by atoms with Crippen molar-refractivity contribution in [2.45, 2.75) is 32.7 Å². The Morgan fingerprint density at radius 1 is 1.10 bits per heavy atom. The number of unbranched alkanes of at least 4 members (excludes halogenated alkanes) is 1. The van der Waals surface area contributed by atoms with Crippen LogP contribution < -0.4 is 5.32 Å². The van der Waals surface area contributed by atoms with Crippen LogP contribution in [0.3, 0.4) is 0 Å². The van der Waals surface area contributed by atoms with E-state index in [1.54, 1.807) is 0 Å². The zero-order chi connectivity index (χ0) is 14.5. The number of hydrogen-bond acceptors (Lipinski definition) is 2. The second-order valence-electron chi connectivity index (χ2n) is 5.35. The summed E-state index contributed by atoms with van der Waals surface area (Å²) in [6, 6.07) is 14.8. The molecule has 21 heavy (non-hydrogen) atoms. The van der Waals surface area contributed by atoms with Crippen molar-refractivity contribution in [2.75, 3.05) is 5.32 Å². The number of hydrogen-bond donors (Lipinski definition) is 1. The Morgan fingerprint density at radius 3 is 2.71 bits per heavy atom. The van der Waals surface area contributed by atoms with Gasteiger partial charge in [-0.05, 0) is 42.7 Å². The lowest BCUT2D eigenvalue weighted by Crippen LogP contribution is -1.99. The van der Waals surface area contributed by atoms with Gasteiger partial charge in [-0.2, -0.15) is 0 Å². The summed E-state index contributed by atoms with van der Waals surface area (Å²) < 4.78 is 2.05. The Balaban J connectivity index is 1.61. The Morgan fingerprint density at radius 2 is 1.95 bits per heavy atom. The number of nitrogens with zero attached hydrogens (tertiary/aromatic N) is 2. The maximum Gasteiger partial charge on any atom is 0.137 e. The molecule has 0 amide bonds. The molecule has 2 aromatic heterocycles. The monoisotopic (exact) mass is 279 g/mol.